The summed E-state index contributed by atoms with van der Waals surface area (Å²) in [6.45, 7) is 1.04. The molecule has 0 radical (unpaired) electrons. The Bertz CT molecular complexity index is 1030. The second-order valence-electron chi connectivity index (χ2n) is 7.88. The molecule has 0 atom stereocenters. The van der Waals surface area contributed by atoms with Crippen LogP contribution in [0.4, 0.5) is 0 Å². The summed E-state index contributed by atoms with van der Waals surface area (Å²) in [5.74, 6) is -0.292. The van der Waals surface area contributed by atoms with Crippen LogP contribution in [0.15, 0.2) is 79.1 Å². The summed E-state index contributed by atoms with van der Waals surface area (Å²) in [4.78, 5) is 31.4. The maximum atomic E-state index is 12.8. The number of carbonyl (C=O) groups is 2. The van der Waals surface area contributed by atoms with Crippen molar-refractivity contribution in [3.8, 4) is 11.1 Å². The molecule has 0 unspecified atom stereocenters. The van der Waals surface area contributed by atoms with Crippen LogP contribution >= 0.6 is 0 Å². The summed E-state index contributed by atoms with van der Waals surface area (Å²) in [5, 5.41) is 0. The third kappa shape index (κ3) is 3.96. The molecule has 0 bridgehead atoms. The summed E-state index contributed by atoms with van der Waals surface area (Å²) < 4.78 is 0. The van der Waals surface area contributed by atoms with Crippen LogP contribution in [0.25, 0.3) is 11.1 Å². The molecule has 0 aliphatic carbocycles. The highest BCUT2D eigenvalue weighted by Gasteiger charge is 2.41. The van der Waals surface area contributed by atoms with Crippen LogP contribution in [0.5, 0.6) is 0 Å². The van der Waals surface area contributed by atoms with Crippen LogP contribution < -0.4 is 5.73 Å². The van der Waals surface area contributed by atoms with Crippen LogP contribution in [0, 0.1) is 5.41 Å². The van der Waals surface area contributed by atoms with Gasteiger partial charge in [-0.1, -0.05) is 48.5 Å². The number of amides is 2. The van der Waals surface area contributed by atoms with Crippen molar-refractivity contribution >= 4 is 11.8 Å². The van der Waals surface area contributed by atoms with Crippen molar-refractivity contribution < 1.29 is 9.59 Å². The van der Waals surface area contributed by atoms with Gasteiger partial charge in [-0.25, -0.2) is 0 Å². The van der Waals surface area contributed by atoms with Crippen LogP contribution in [-0.4, -0.2) is 34.8 Å². The van der Waals surface area contributed by atoms with Crippen molar-refractivity contribution in [2.75, 3.05) is 13.1 Å². The first-order valence-electron chi connectivity index (χ1n) is 10.2. The van der Waals surface area contributed by atoms with E-state index in [0.717, 1.165) is 16.7 Å². The van der Waals surface area contributed by atoms with Gasteiger partial charge in [0.2, 0.25) is 5.91 Å². The molecule has 1 saturated heterocycles. The zero-order valence-electron chi connectivity index (χ0n) is 16.8. The molecule has 1 fully saturated rings. The smallest absolute Gasteiger partial charge is 0.253 e. The summed E-state index contributed by atoms with van der Waals surface area (Å²) in [5.41, 5.74) is 9.09. The van der Waals surface area contributed by atoms with Gasteiger partial charge in [-0.2, -0.15) is 0 Å². The molecule has 4 rings (SSSR count). The standard InChI is InChI=1S/C25H25N3O2/c26-24(30)25(12-15-28(16-13-25)23(29)19-7-2-1-3-8-19)17-20-9-4-5-11-22(20)21-10-6-14-27-18-21/h1-11,14,18H,12-13,15-17H2,(H2,26,30). The third-order valence-electron chi connectivity index (χ3n) is 6.07. The van der Waals surface area contributed by atoms with Crippen LogP contribution in [0.1, 0.15) is 28.8 Å². The molecule has 5 nitrogen and oxygen atoms in total. The van der Waals surface area contributed by atoms with E-state index in [2.05, 4.69) is 17.1 Å². The van der Waals surface area contributed by atoms with Crippen molar-refractivity contribution in [2.24, 2.45) is 11.1 Å². The molecule has 152 valence electrons. The first-order valence-corrected chi connectivity index (χ1v) is 10.2. The summed E-state index contributed by atoms with van der Waals surface area (Å²) >= 11 is 0. The first-order chi connectivity index (χ1) is 14.6. The second kappa shape index (κ2) is 8.49. The van der Waals surface area contributed by atoms with Gasteiger partial charge >= 0.3 is 0 Å². The number of likely N-dealkylation sites (tertiary alicyclic amines) is 1. The van der Waals surface area contributed by atoms with Crippen LogP contribution in [-0.2, 0) is 11.2 Å². The lowest BCUT2D eigenvalue weighted by molar-refractivity contribution is -0.130. The quantitative estimate of drug-likeness (QED) is 0.711. The minimum Gasteiger partial charge on any atom is -0.369 e. The van der Waals surface area contributed by atoms with Gasteiger partial charge in [0.05, 0.1) is 5.41 Å². The summed E-state index contributed by atoms with van der Waals surface area (Å²) in [7, 11) is 0. The molecule has 1 aliphatic heterocycles. The zero-order valence-corrected chi connectivity index (χ0v) is 16.8. The van der Waals surface area contributed by atoms with E-state index in [1.165, 1.54) is 0 Å². The van der Waals surface area contributed by atoms with Crippen molar-refractivity contribution in [1.82, 2.24) is 9.88 Å². The van der Waals surface area contributed by atoms with Gasteiger partial charge < -0.3 is 10.6 Å². The Hall–Kier alpha value is -3.47. The van der Waals surface area contributed by atoms with E-state index in [4.69, 9.17) is 5.73 Å². The number of aromatic nitrogens is 1. The molecule has 0 saturated carbocycles. The molecule has 2 amide bonds. The number of hydrogen-bond acceptors (Lipinski definition) is 3. The van der Waals surface area contributed by atoms with Crippen molar-refractivity contribution in [3.05, 3.63) is 90.3 Å². The number of primary amides is 1. The van der Waals surface area contributed by atoms with E-state index in [9.17, 15) is 9.59 Å². The number of carbonyl (C=O) groups excluding carboxylic acids is 2. The highest BCUT2D eigenvalue weighted by molar-refractivity contribution is 5.94. The Morgan fingerprint density at radius 3 is 2.30 bits per heavy atom. The SMILES string of the molecule is NC(=O)C1(Cc2ccccc2-c2cccnc2)CCN(C(=O)c2ccccc2)CC1. The molecule has 0 spiro atoms. The fourth-order valence-electron chi connectivity index (χ4n) is 4.25. The zero-order chi connectivity index (χ0) is 21.0. The average molecular weight is 399 g/mol. The fourth-order valence-corrected chi connectivity index (χ4v) is 4.25. The third-order valence-corrected chi connectivity index (χ3v) is 6.07. The Kier molecular flexibility index (Phi) is 5.61. The Balaban J connectivity index is 1.55. The molecule has 1 aliphatic rings. The van der Waals surface area contributed by atoms with Crippen LogP contribution in [0.2, 0.25) is 0 Å². The first kappa shape index (κ1) is 19.8. The van der Waals surface area contributed by atoms with Gasteiger partial charge in [0.25, 0.3) is 5.91 Å². The summed E-state index contributed by atoms with van der Waals surface area (Å²) in [6.07, 6.45) is 5.25. The van der Waals surface area contributed by atoms with Crippen molar-refractivity contribution in [3.63, 3.8) is 0 Å². The average Bonchev–Trinajstić information content (AvgIpc) is 2.80. The molecule has 1 aromatic heterocycles. The number of nitrogens with zero attached hydrogens (tertiary/aromatic N) is 2. The van der Waals surface area contributed by atoms with E-state index in [1.807, 2.05) is 65.7 Å². The van der Waals surface area contributed by atoms with Gasteiger partial charge in [0, 0.05) is 36.6 Å². The normalized spacial score (nSPS) is 15.5. The Morgan fingerprint density at radius 1 is 0.933 bits per heavy atom. The fraction of sp³-hybridized carbons (Fsp3) is 0.240. The van der Waals surface area contributed by atoms with Crippen LogP contribution in [0.3, 0.4) is 0 Å². The molecular weight excluding hydrogens is 374 g/mol. The van der Waals surface area contributed by atoms with E-state index >= 15 is 0 Å². The Morgan fingerprint density at radius 2 is 1.63 bits per heavy atom. The summed E-state index contributed by atoms with van der Waals surface area (Å²) in [6, 6.07) is 21.3. The van der Waals surface area contributed by atoms with Crippen molar-refractivity contribution in [2.45, 2.75) is 19.3 Å². The number of rotatable bonds is 5. The predicted octanol–water partition coefficient (Wildman–Crippen LogP) is 3.70. The van der Waals surface area contributed by atoms with E-state index in [1.54, 1.807) is 6.20 Å². The topological polar surface area (TPSA) is 76.3 Å². The van der Waals surface area contributed by atoms with E-state index < -0.39 is 5.41 Å². The minimum atomic E-state index is -0.661. The van der Waals surface area contributed by atoms with Gasteiger partial charge in [0.15, 0.2) is 0 Å². The number of benzene rings is 2. The highest BCUT2D eigenvalue weighted by atomic mass is 16.2. The Labute approximate surface area is 176 Å². The van der Waals surface area contributed by atoms with E-state index in [0.29, 0.717) is 37.9 Å². The molecule has 2 N–H and O–H groups in total. The maximum Gasteiger partial charge on any atom is 0.253 e. The maximum absolute atomic E-state index is 12.8. The largest absolute Gasteiger partial charge is 0.369 e. The molecular formula is C25H25N3O2. The molecule has 30 heavy (non-hydrogen) atoms. The monoisotopic (exact) mass is 399 g/mol. The number of hydrogen-bond donors (Lipinski definition) is 1. The van der Waals surface area contributed by atoms with Gasteiger partial charge in [-0.3, -0.25) is 14.6 Å². The predicted molar refractivity (Wildman–Crippen MR) is 117 cm³/mol. The van der Waals surface area contributed by atoms with Crippen molar-refractivity contribution in [1.29, 1.82) is 0 Å². The number of pyridine rings is 1. The lowest BCUT2D eigenvalue weighted by Gasteiger charge is -2.40. The highest BCUT2D eigenvalue weighted by Crippen LogP contribution is 2.38. The molecule has 5 heteroatoms. The van der Waals surface area contributed by atoms with E-state index in [-0.39, 0.29) is 11.8 Å². The number of piperidine rings is 1. The van der Waals surface area contributed by atoms with Gasteiger partial charge in [-0.05, 0) is 48.6 Å². The lowest BCUT2D eigenvalue weighted by atomic mass is 9.72. The molecule has 2 aromatic carbocycles. The number of nitrogens with two attached hydrogens (primary N) is 1. The van der Waals surface area contributed by atoms with Gasteiger partial charge in [0.1, 0.15) is 0 Å². The molecule has 3 aromatic rings. The molecule has 2 heterocycles. The second-order valence-corrected chi connectivity index (χ2v) is 7.88. The lowest BCUT2D eigenvalue weighted by Crippen LogP contribution is -2.50. The van der Waals surface area contributed by atoms with Gasteiger partial charge in [-0.15, -0.1) is 0 Å². The minimum absolute atomic E-state index is 0.00410.